The molecular formula is C18H19FN2O4. The summed E-state index contributed by atoms with van der Waals surface area (Å²) in [5.41, 5.74) is 0.339. The number of nitrogens with zero attached hydrogens (tertiary/aromatic N) is 1. The number of carbonyl (C=O) groups excluding carboxylic acids is 3. The zero-order valence-corrected chi connectivity index (χ0v) is 13.8. The van der Waals surface area contributed by atoms with E-state index in [-0.39, 0.29) is 48.3 Å². The monoisotopic (exact) mass is 346 g/mol. The molecule has 2 aliphatic rings. The molecule has 132 valence electrons. The molecule has 0 saturated carbocycles. The SMILES string of the molecule is COc1cc(F)ccc1NC(=O)CCN1C(=O)[C@H]2CC=CC[C@H]2C1=O. The van der Waals surface area contributed by atoms with Gasteiger partial charge in [-0.25, -0.2) is 4.39 Å². The van der Waals surface area contributed by atoms with E-state index in [4.69, 9.17) is 4.74 Å². The molecule has 1 saturated heterocycles. The van der Waals surface area contributed by atoms with E-state index in [1.165, 1.54) is 30.2 Å². The van der Waals surface area contributed by atoms with Gasteiger partial charge < -0.3 is 10.1 Å². The average Bonchev–Trinajstić information content (AvgIpc) is 2.86. The van der Waals surface area contributed by atoms with Crippen molar-refractivity contribution in [2.45, 2.75) is 19.3 Å². The predicted octanol–water partition coefficient (Wildman–Crippen LogP) is 2.11. The molecule has 1 aromatic rings. The number of ether oxygens (including phenoxy) is 1. The van der Waals surface area contributed by atoms with Crippen molar-refractivity contribution in [3.63, 3.8) is 0 Å². The highest BCUT2D eigenvalue weighted by atomic mass is 19.1. The van der Waals surface area contributed by atoms with Crippen molar-refractivity contribution in [3.8, 4) is 5.75 Å². The number of nitrogens with one attached hydrogen (secondary N) is 1. The van der Waals surface area contributed by atoms with Crippen molar-refractivity contribution in [1.29, 1.82) is 0 Å². The summed E-state index contributed by atoms with van der Waals surface area (Å²) in [4.78, 5) is 38.0. The molecule has 0 aromatic heterocycles. The fraction of sp³-hybridized carbons (Fsp3) is 0.389. The largest absolute Gasteiger partial charge is 0.494 e. The lowest BCUT2D eigenvalue weighted by molar-refractivity contribution is -0.140. The fourth-order valence-electron chi connectivity index (χ4n) is 3.28. The number of halogens is 1. The quantitative estimate of drug-likeness (QED) is 0.654. The molecule has 0 spiro atoms. The number of methoxy groups -OCH3 is 1. The molecule has 1 fully saturated rings. The lowest BCUT2D eigenvalue weighted by Crippen LogP contribution is -2.34. The molecule has 0 unspecified atom stereocenters. The molecule has 1 aliphatic carbocycles. The zero-order chi connectivity index (χ0) is 18.0. The second kappa shape index (κ2) is 7.04. The molecule has 1 aliphatic heterocycles. The Morgan fingerprint density at radius 3 is 2.48 bits per heavy atom. The number of anilines is 1. The topological polar surface area (TPSA) is 75.7 Å². The summed E-state index contributed by atoms with van der Waals surface area (Å²) in [6, 6.07) is 3.78. The molecule has 0 radical (unpaired) electrons. The van der Waals surface area contributed by atoms with Crippen LogP contribution in [0.15, 0.2) is 30.4 Å². The number of fused-ring (bicyclic) bond motifs is 1. The number of hydrogen-bond acceptors (Lipinski definition) is 4. The first-order chi connectivity index (χ1) is 12.0. The van der Waals surface area contributed by atoms with Crippen LogP contribution in [0.2, 0.25) is 0 Å². The van der Waals surface area contributed by atoms with E-state index < -0.39 is 5.82 Å². The molecule has 7 heteroatoms. The van der Waals surface area contributed by atoms with Crippen molar-refractivity contribution in [3.05, 3.63) is 36.2 Å². The van der Waals surface area contributed by atoms with Gasteiger partial charge in [-0.1, -0.05) is 12.2 Å². The van der Waals surface area contributed by atoms with Gasteiger partial charge in [-0.2, -0.15) is 0 Å². The molecule has 6 nitrogen and oxygen atoms in total. The van der Waals surface area contributed by atoms with Gasteiger partial charge in [0.2, 0.25) is 17.7 Å². The Kier molecular flexibility index (Phi) is 4.83. The standard InChI is InChI=1S/C18H19FN2O4/c1-25-15-10-11(19)6-7-14(15)20-16(22)8-9-21-17(23)12-4-2-3-5-13(12)18(21)24/h2-3,6-7,10,12-13H,4-5,8-9H2,1H3,(H,20,22)/t12-,13+. The van der Waals surface area contributed by atoms with E-state index in [1.807, 2.05) is 12.2 Å². The van der Waals surface area contributed by atoms with Crippen LogP contribution in [0.5, 0.6) is 5.75 Å². The lowest BCUT2D eigenvalue weighted by atomic mass is 9.85. The number of hydrogen-bond donors (Lipinski definition) is 1. The lowest BCUT2D eigenvalue weighted by Gasteiger charge is -2.15. The summed E-state index contributed by atoms with van der Waals surface area (Å²) < 4.78 is 18.2. The molecule has 3 amide bonds. The number of amides is 3. The van der Waals surface area contributed by atoms with Crippen molar-refractivity contribution in [2.24, 2.45) is 11.8 Å². The van der Waals surface area contributed by atoms with Crippen LogP contribution >= 0.6 is 0 Å². The minimum absolute atomic E-state index is 0.0229. The van der Waals surface area contributed by atoms with Crippen LogP contribution in [0.3, 0.4) is 0 Å². The number of carbonyl (C=O) groups is 3. The molecule has 25 heavy (non-hydrogen) atoms. The van der Waals surface area contributed by atoms with Gasteiger partial charge in [-0.3, -0.25) is 19.3 Å². The third-order valence-electron chi connectivity index (χ3n) is 4.60. The van der Waals surface area contributed by atoms with Crippen LogP contribution in [0.25, 0.3) is 0 Å². The first kappa shape index (κ1) is 17.1. The smallest absolute Gasteiger partial charge is 0.233 e. The number of benzene rings is 1. The Balaban J connectivity index is 1.60. The van der Waals surface area contributed by atoms with Gasteiger partial charge in [-0.15, -0.1) is 0 Å². The molecule has 0 bridgehead atoms. The zero-order valence-electron chi connectivity index (χ0n) is 13.8. The van der Waals surface area contributed by atoms with E-state index in [2.05, 4.69) is 5.32 Å². The third kappa shape index (κ3) is 3.40. The van der Waals surface area contributed by atoms with Gasteiger partial charge >= 0.3 is 0 Å². The van der Waals surface area contributed by atoms with Crippen LogP contribution in [0, 0.1) is 17.7 Å². The second-order valence-electron chi connectivity index (χ2n) is 6.13. The van der Waals surface area contributed by atoms with E-state index in [9.17, 15) is 18.8 Å². The summed E-state index contributed by atoms with van der Waals surface area (Å²) in [7, 11) is 1.38. The van der Waals surface area contributed by atoms with Gasteiger partial charge in [0.15, 0.2) is 0 Å². The minimum Gasteiger partial charge on any atom is -0.494 e. The van der Waals surface area contributed by atoms with Crippen molar-refractivity contribution in [2.75, 3.05) is 19.0 Å². The van der Waals surface area contributed by atoms with Crippen molar-refractivity contribution in [1.82, 2.24) is 4.90 Å². The second-order valence-corrected chi connectivity index (χ2v) is 6.13. The van der Waals surface area contributed by atoms with Crippen LogP contribution in [-0.4, -0.2) is 36.3 Å². The Labute approximate surface area is 144 Å². The number of imide groups is 1. The van der Waals surface area contributed by atoms with E-state index in [1.54, 1.807) is 0 Å². The summed E-state index contributed by atoms with van der Waals surface area (Å²) in [6.45, 7) is 0.0417. The van der Waals surface area contributed by atoms with Gasteiger partial charge in [0.1, 0.15) is 11.6 Å². The Morgan fingerprint density at radius 2 is 1.88 bits per heavy atom. The molecule has 3 rings (SSSR count). The summed E-state index contributed by atoms with van der Waals surface area (Å²) in [6.07, 6.45) is 4.97. The van der Waals surface area contributed by atoms with Gasteiger partial charge in [0, 0.05) is 19.0 Å². The van der Waals surface area contributed by atoms with E-state index >= 15 is 0 Å². The van der Waals surface area contributed by atoms with Crippen molar-refractivity contribution < 1.29 is 23.5 Å². The molecule has 1 heterocycles. The maximum absolute atomic E-state index is 13.2. The van der Waals surface area contributed by atoms with E-state index in [0.717, 1.165) is 0 Å². The van der Waals surface area contributed by atoms with Crippen LogP contribution in [0.1, 0.15) is 19.3 Å². The number of likely N-dealkylation sites (tertiary alicyclic amines) is 1. The Bertz CT molecular complexity index is 721. The van der Waals surface area contributed by atoms with Gasteiger partial charge in [0.25, 0.3) is 0 Å². The van der Waals surface area contributed by atoms with Crippen molar-refractivity contribution >= 4 is 23.4 Å². The fourth-order valence-corrected chi connectivity index (χ4v) is 3.28. The molecule has 2 atom stereocenters. The van der Waals surface area contributed by atoms with Crippen LogP contribution in [-0.2, 0) is 14.4 Å². The van der Waals surface area contributed by atoms with Gasteiger partial charge in [-0.05, 0) is 25.0 Å². The third-order valence-corrected chi connectivity index (χ3v) is 4.60. The Morgan fingerprint density at radius 1 is 1.24 bits per heavy atom. The minimum atomic E-state index is -0.473. The number of allylic oxidation sites excluding steroid dienone is 2. The summed E-state index contributed by atoms with van der Waals surface area (Å²) >= 11 is 0. The maximum Gasteiger partial charge on any atom is 0.233 e. The first-order valence-electron chi connectivity index (χ1n) is 8.15. The normalized spacial score (nSPS) is 22.1. The van der Waals surface area contributed by atoms with Gasteiger partial charge in [0.05, 0.1) is 24.6 Å². The molecular weight excluding hydrogens is 327 g/mol. The van der Waals surface area contributed by atoms with Crippen LogP contribution in [0.4, 0.5) is 10.1 Å². The first-order valence-corrected chi connectivity index (χ1v) is 8.15. The molecule has 1 N–H and O–H groups in total. The summed E-state index contributed by atoms with van der Waals surface area (Å²) in [5.74, 6) is -1.63. The summed E-state index contributed by atoms with van der Waals surface area (Å²) in [5, 5.41) is 2.61. The maximum atomic E-state index is 13.2. The molecule has 1 aromatic carbocycles. The highest BCUT2D eigenvalue weighted by molar-refractivity contribution is 6.05. The highest BCUT2D eigenvalue weighted by Gasteiger charge is 2.46. The predicted molar refractivity (Wildman–Crippen MR) is 88.3 cm³/mol. The Hall–Kier alpha value is -2.70. The van der Waals surface area contributed by atoms with E-state index in [0.29, 0.717) is 18.5 Å². The highest BCUT2D eigenvalue weighted by Crippen LogP contribution is 2.35. The van der Waals surface area contributed by atoms with Crippen LogP contribution < -0.4 is 10.1 Å². The number of rotatable bonds is 5. The average molecular weight is 346 g/mol.